The van der Waals surface area contributed by atoms with E-state index in [-0.39, 0.29) is 0 Å². The maximum absolute atomic E-state index is 12.6. The summed E-state index contributed by atoms with van der Waals surface area (Å²) in [6, 6.07) is 25.6. The first-order valence-electron chi connectivity index (χ1n) is 10.1. The Balaban J connectivity index is 2.00. The number of hydrogen-bond acceptors (Lipinski definition) is 3. The summed E-state index contributed by atoms with van der Waals surface area (Å²) < 4.78 is 5.93. The fraction of sp³-hybridized carbons (Fsp3) is 0.231. The zero-order chi connectivity index (χ0) is 22.5. The molecular weight excluding hydrogens is 410 g/mol. The highest BCUT2D eigenvalue weighted by atomic mass is 35.5. The van der Waals surface area contributed by atoms with Crippen molar-refractivity contribution in [2.24, 2.45) is 5.41 Å². The minimum Gasteiger partial charge on any atom is -0.480 e. The Labute approximate surface area is 187 Å². The van der Waals surface area contributed by atoms with Crippen LogP contribution < -0.4 is 4.74 Å². The van der Waals surface area contributed by atoms with Crippen molar-refractivity contribution >= 4 is 17.6 Å². The second-order valence-corrected chi connectivity index (χ2v) is 8.26. The summed E-state index contributed by atoms with van der Waals surface area (Å²) in [5.74, 6) is 0.209. The number of nitriles is 1. The number of benzene rings is 3. The Morgan fingerprint density at radius 1 is 1.03 bits per heavy atom. The molecule has 31 heavy (non-hydrogen) atoms. The van der Waals surface area contributed by atoms with E-state index in [1.807, 2.05) is 68.4 Å². The molecule has 0 amide bonds. The molecule has 2 unspecified atom stereocenters. The minimum absolute atomic E-state index is 0.387. The monoisotopic (exact) mass is 433 g/mol. The van der Waals surface area contributed by atoms with Gasteiger partial charge >= 0.3 is 5.97 Å². The standard InChI is InChI=1S/C26H24ClNO3/c1-3-25(2,26(18-28,24(29)30)20-12-14-21(27)15-13-20)17-19-8-7-11-23(16-19)31-22-9-5-4-6-10-22/h4-16H,3,17H2,1-2H3,(H,29,30). The summed E-state index contributed by atoms with van der Waals surface area (Å²) in [5, 5.41) is 20.9. The molecule has 3 aromatic carbocycles. The predicted octanol–water partition coefficient (Wildman–Crippen LogP) is 6.64. The Morgan fingerprint density at radius 2 is 1.68 bits per heavy atom. The highest BCUT2D eigenvalue weighted by Crippen LogP contribution is 2.47. The number of carbonyl (C=O) groups is 1. The quantitative estimate of drug-likeness (QED) is 0.432. The molecule has 0 aliphatic heterocycles. The lowest BCUT2D eigenvalue weighted by atomic mass is 9.58. The van der Waals surface area contributed by atoms with Crippen LogP contribution in [-0.4, -0.2) is 11.1 Å². The molecule has 0 saturated carbocycles. The number of rotatable bonds is 8. The van der Waals surface area contributed by atoms with Gasteiger partial charge in [-0.15, -0.1) is 0 Å². The number of hydrogen-bond donors (Lipinski definition) is 1. The van der Waals surface area contributed by atoms with Crippen molar-refractivity contribution in [2.45, 2.75) is 32.1 Å². The minimum atomic E-state index is -1.73. The van der Waals surface area contributed by atoms with E-state index in [1.54, 1.807) is 24.3 Å². The lowest BCUT2D eigenvalue weighted by Gasteiger charge is -2.41. The van der Waals surface area contributed by atoms with Crippen molar-refractivity contribution in [3.05, 3.63) is 95.0 Å². The molecule has 0 spiro atoms. The first kappa shape index (κ1) is 22.4. The van der Waals surface area contributed by atoms with Gasteiger partial charge in [-0.3, -0.25) is 4.79 Å². The van der Waals surface area contributed by atoms with Crippen LogP contribution in [0.3, 0.4) is 0 Å². The third-order valence-electron chi connectivity index (χ3n) is 5.92. The number of nitrogens with zero attached hydrogens (tertiary/aromatic N) is 1. The first-order valence-corrected chi connectivity index (χ1v) is 10.4. The summed E-state index contributed by atoms with van der Waals surface area (Å²) in [6.07, 6.45) is 0.872. The summed E-state index contributed by atoms with van der Waals surface area (Å²) in [7, 11) is 0. The van der Waals surface area contributed by atoms with Crippen LogP contribution in [0, 0.1) is 16.7 Å². The SMILES string of the molecule is CCC(C)(Cc1cccc(Oc2ccccc2)c1)C(C#N)(C(=O)O)c1ccc(Cl)cc1. The van der Waals surface area contributed by atoms with Crippen molar-refractivity contribution in [3.63, 3.8) is 0 Å². The summed E-state index contributed by atoms with van der Waals surface area (Å²) >= 11 is 6.00. The van der Waals surface area contributed by atoms with E-state index in [1.165, 1.54) is 0 Å². The molecule has 0 saturated heterocycles. The molecule has 0 bridgehead atoms. The van der Waals surface area contributed by atoms with Crippen LogP contribution in [0.4, 0.5) is 0 Å². The van der Waals surface area contributed by atoms with Crippen LogP contribution in [0.25, 0.3) is 0 Å². The van der Waals surface area contributed by atoms with Crippen molar-refractivity contribution in [1.82, 2.24) is 0 Å². The average molecular weight is 434 g/mol. The molecule has 0 radical (unpaired) electrons. The van der Waals surface area contributed by atoms with Gasteiger partial charge in [0, 0.05) is 10.4 Å². The van der Waals surface area contributed by atoms with Gasteiger partial charge in [0.2, 0.25) is 0 Å². The third-order valence-corrected chi connectivity index (χ3v) is 6.18. The molecule has 158 valence electrons. The smallest absolute Gasteiger partial charge is 0.329 e. The second-order valence-electron chi connectivity index (χ2n) is 7.83. The van der Waals surface area contributed by atoms with Gasteiger partial charge in [-0.25, -0.2) is 0 Å². The maximum atomic E-state index is 12.6. The maximum Gasteiger partial charge on any atom is 0.329 e. The van der Waals surface area contributed by atoms with Gasteiger partial charge in [-0.1, -0.05) is 67.9 Å². The molecule has 4 nitrogen and oxygen atoms in total. The van der Waals surface area contributed by atoms with E-state index in [9.17, 15) is 15.2 Å². The van der Waals surface area contributed by atoms with Crippen LogP contribution in [-0.2, 0) is 16.6 Å². The third kappa shape index (κ3) is 4.42. The van der Waals surface area contributed by atoms with Gasteiger partial charge in [-0.05, 0) is 60.4 Å². The number of ether oxygens (including phenoxy) is 1. The molecule has 2 atom stereocenters. The van der Waals surface area contributed by atoms with E-state index in [4.69, 9.17) is 16.3 Å². The van der Waals surface area contributed by atoms with Crippen molar-refractivity contribution in [3.8, 4) is 17.6 Å². The predicted molar refractivity (Wildman–Crippen MR) is 121 cm³/mol. The lowest BCUT2D eigenvalue weighted by Crippen LogP contribution is -2.50. The molecule has 5 heteroatoms. The molecule has 3 rings (SSSR count). The van der Waals surface area contributed by atoms with Crippen molar-refractivity contribution < 1.29 is 14.6 Å². The number of aliphatic carboxylic acids is 1. The normalized spacial score (nSPS) is 14.6. The molecule has 0 aromatic heterocycles. The molecular formula is C26H24ClNO3. The van der Waals surface area contributed by atoms with Crippen molar-refractivity contribution in [1.29, 1.82) is 5.26 Å². The summed E-state index contributed by atoms with van der Waals surface area (Å²) in [5.41, 5.74) is -1.30. The van der Waals surface area contributed by atoms with Gasteiger partial charge < -0.3 is 9.84 Å². The molecule has 0 fully saturated rings. The highest BCUT2D eigenvalue weighted by Gasteiger charge is 2.55. The van der Waals surface area contributed by atoms with Crippen LogP contribution in [0.1, 0.15) is 31.4 Å². The number of carboxylic acid groups (broad SMARTS) is 1. The van der Waals surface area contributed by atoms with E-state index in [0.717, 1.165) is 11.3 Å². The summed E-state index contributed by atoms with van der Waals surface area (Å²) in [4.78, 5) is 12.6. The van der Waals surface area contributed by atoms with E-state index in [0.29, 0.717) is 29.2 Å². The van der Waals surface area contributed by atoms with Gasteiger partial charge in [0.15, 0.2) is 5.41 Å². The Kier molecular flexibility index (Phi) is 6.68. The zero-order valence-electron chi connectivity index (χ0n) is 17.5. The first-order chi connectivity index (χ1) is 14.8. The largest absolute Gasteiger partial charge is 0.480 e. The lowest BCUT2D eigenvalue weighted by molar-refractivity contribution is -0.146. The topological polar surface area (TPSA) is 70.3 Å². The molecule has 0 aliphatic carbocycles. The van der Waals surface area contributed by atoms with E-state index in [2.05, 4.69) is 6.07 Å². The molecule has 3 aromatic rings. The van der Waals surface area contributed by atoms with Gasteiger partial charge in [0.25, 0.3) is 0 Å². The molecule has 0 heterocycles. The van der Waals surface area contributed by atoms with Gasteiger partial charge in [0.05, 0.1) is 6.07 Å². The van der Waals surface area contributed by atoms with Crippen LogP contribution in [0.15, 0.2) is 78.9 Å². The van der Waals surface area contributed by atoms with Crippen LogP contribution in [0.5, 0.6) is 11.5 Å². The number of carboxylic acids is 1. The number of halogens is 1. The van der Waals surface area contributed by atoms with Crippen LogP contribution >= 0.6 is 11.6 Å². The Hall–Kier alpha value is -3.29. The molecule has 1 N–H and O–H groups in total. The highest BCUT2D eigenvalue weighted by molar-refractivity contribution is 6.30. The Bertz CT molecular complexity index is 1090. The Morgan fingerprint density at radius 3 is 2.26 bits per heavy atom. The zero-order valence-corrected chi connectivity index (χ0v) is 18.3. The number of para-hydroxylation sites is 1. The van der Waals surface area contributed by atoms with Gasteiger partial charge in [-0.2, -0.15) is 5.26 Å². The average Bonchev–Trinajstić information content (AvgIpc) is 2.76. The van der Waals surface area contributed by atoms with E-state index < -0.39 is 16.8 Å². The van der Waals surface area contributed by atoms with Crippen molar-refractivity contribution in [2.75, 3.05) is 0 Å². The fourth-order valence-electron chi connectivity index (χ4n) is 3.99. The second kappa shape index (κ2) is 9.24. The van der Waals surface area contributed by atoms with Gasteiger partial charge in [0.1, 0.15) is 11.5 Å². The fourth-order valence-corrected chi connectivity index (χ4v) is 4.12. The summed E-state index contributed by atoms with van der Waals surface area (Å²) in [6.45, 7) is 3.76. The van der Waals surface area contributed by atoms with Crippen LogP contribution in [0.2, 0.25) is 5.02 Å². The molecule has 0 aliphatic rings. The van der Waals surface area contributed by atoms with E-state index >= 15 is 0 Å².